The van der Waals surface area contributed by atoms with E-state index >= 15 is 0 Å². The lowest BCUT2D eigenvalue weighted by molar-refractivity contribution is 0.0592. The van der Waals surface area contributed by atoms with Crippen LogP contribution >= 0.6 is 0 Å². The highest BCUT2D eigenvalue weighted by Crippen LogP contribution is 2.05. The van der Waals surface area contributed by atoms with E-state index in [9.17, 15) is 4.79 Å². The zero-order valence-electron chi connectivity index (χ0n) is 10.3. The highest BCUT2D eigenvalue weighted by atomic mass is 16.5. The first-order valence-corrected chi connectivity index (χ1v) is 5.40. The summed E-state index contributed by atoms with van der Waals surface area (Å²) in [4.78, 5) is 19.0. The average Bonchev–Trinajstić information content (AvgIpc) is 2.34. The summed E-state index contributed by atoms with van der Waals surface area (Å²) in [6.07, 6.45) is 2.80. The van der Waals surface area contributed by atoms with Gasteiger partial charge in [-0.1, -0.05) is 13.8 Å². The number of hydrogen-bond acceptors (Lipinski definition) is 6. The lowest BCUT2D eigenvalue weighted by Gasteiger charge is -2.09. The minimum absolute atomic E-state index is 0.141. The summed E-state index contributed by atoms with van der Waals surface area (Å²) >= 11 is 0. The molecule has 1 aromatic heterocycles. The summed E-state index contributed by atoms with van der Waals surface area (Å²) in [5.74, 6) is -0.207. The van der Waals surface area contributed by atoms with Crippen molar-refractivity contribution >= 4 is 5.97 Å². The van der Waals surface area contributed by atoms with Gasteiger partial charge in [0, 0.05) is 12.6 Å². The van der Waals surface area contributed by atoms with Crippen LogP contribution in [0.5, 0.6) is 5.88 Å². The molecule has 0 aliphatic carbocycles. The molecule has 1 heterocycles. The van der Waals surface area contributed by atoms with E-state index in [1.54, 1.807) is 0 Å². The van der Waals surface area contributed by atoms with E-state index in [1.165, 1.54) is 19.5 Å². The van der Waals surface area contributed by atoms with Crippen molar-refractivity contribution in [3.05, 3.63) is 18.1 Å². The van der Waals surface area contributed by atoms with Gasteiger partial charge in [-0.3, -0.25) is 4.98 Å². The van der Waals surface area contributed by atoms with Gasteiger partial charge in [-0.05, 0) is 0 Å². The number of carbonyl (C=O) groups is 1. The molecule has 0 atom stereocenters. The van der Waals surface area contributed by atoms with Crippen molar-refractivity contribution in [1.29, 1.82) is 0 Å². The molecule has 0 aliphatic heterocycles. The average molecular weight is 239 g/mol. The summed E-state index contributed by atoms with van der Waals surface area (Å²) in [7, 11) is 1.30. The standard InChI is InChI=1S/C11H17N3O3/c1-8(2)13-4-5-17-10-7-12-6-9(14-10)11(15)16-3/h6-8,13H,4-5H2,1-3H3. The Kier molecular flexibility index (Phi) is 5.35. The normalized spacial score (nSPS) is 10.4. The molecule has 94 valence electrons. The second-order valence-corrected chi connectivity index (χ2v) is 3.69. The first kappa shape index (κ1) is 13.4. The fraction of sp³-hybridized carbons (Fsp3) is 0.545. The van der Waals surface area contributed by atoms with Crippen molar-refractivity contribution in [3.8, 4) is 5.88 Å². The van der Waals surface area contributed by atoms with Crippen molar-refractivity contribution < 1.29 is 14.3 Å². The molecule has 0 radical (unpaired) electrons. The Morgan fingerprint density at radius 2 is 2.24 bits per heavy atom. The van der Waals surface area contributed by atoms with Gasteiger partial charge in [0.2, 0.25) is 5.88 Å². The second kappa shape index (κ2) is 6.80. The van der Waals surface area contributed by atoms with E-state index in [0.29, 0.717) is 25.1 Å². The van der Waals surface area contributed by atoms with Crippen LogP contribution in [0.2, 0.25) is 0 Å². The Labute approximate surface area is 100 Å². The first-order valence-electron chi connectivity index (χ1n) is 5.40. The fourth-order valence-corrected chi connectivity index (χ4v) is 1.12. The molecular weight excluding hydrogens is 222 g/mol. The minimum atomic E-state index is -0.525. The number of nitrogens with one attached hydrogen (secondary N) is 1. The maximum Gasteiger partial charge on any atom is 0.358 e. The van der Waals surface area contributed by atoms with Gasteiger partial charge < -0.3 is 14.8 Å². The van der Waals surface area contributed by atoms with Gasteiger partial charge in [-0.15, -0.1) is 0 Å². The van der Waals surface area contributed by atoms with Crippen LogP contribution in [0.4, 0.5) is 0 Å². The van der Waals surface area contributed by atoms with E-state index in [4.69, 9.17) is 4.74 Å². The fourth-order valence-electron chi connectivity index (χ4n) is 1.12. The Hall–Kier alpha value is -1.69. The highest BCUT2D eigenvalue weighted by Gasteiger charge is 2.08. The van der Waals surface area contributed by atoms with E-state index in [1.807, 2.05) is 0 Å². The molecule has 6 nitrogen and oxygen atoms in total. The summed E-state index contributed by atoms with van der Waals surface area (Å²) in [6.45, 7) is 5.29. The summed E-state index contributed by atoms with van der Waals surface area (Å²) in [6, 6.07) is 0.408. The third-order valence-electron chi connectivity index (χ3n) is 1.91. The first-order chi connectivity index (χ1) is 8.13. The summed E-state index contributed by atoms with van der Waals surface area (Å²) < 4.78 is 9.89. The number of nitrogens with zero attached hydrogens (tertiary/aromatic N) is 2. The molecule has 0 spiro atoms. The van der Waals surface area contributed by atoms with Crippen LogP contribution in [-0.2, 0) is 4.74 Å². The van der Waals surface area contributed by atoms with Crippen molar-refractivity contribution in [3.63, 3.8) is 0 Å². The number of hydrogen-bond donors (Lipinski definition) is 1. The van der Waals surface area contributed by atoms with Crippen molar-refractivity contribution in [1.82, 2.24) is 15.3 Å². The largest absolute Gasteiger partial charge is 0.475 e. The molecule has 1 rings (SSSR count). The van der Waals surface area contributed by atoms with Gasteiger partial charge in [0.05, 0.1) is 19.5 Å². The molecule has 1 aromatic rings. The predicted octanol–water partition coefficient (Wildman–Crippen LogP) is 0.640. The highest BCUT2D eigenvalue weighted by molar-refractivity contribution is 5.86. The van der Waals surface area contributed by atoms with Gasteiger partial charge >= 0.3 is 5.97 Å². The Bertz CT molecular complexity index is 369. The van der Waals surface area contributed by atoms with E-state index < -0.39 is 5.97 Å². The molecule has 0 saturated carbocycles. The number of aromatic nitrogens is 2. The lowest BCUT2D eigenvalue weighted by atomic mass is 10.4. The molecule has 0 fully saturated rings. The van der Waals surface area contributed by atoms with Crippen LogP contribution in [-0.4, -0.2) is 42.2 Å². The molecule has 17 heavy (non-hydrogen) atoms. The molecule has 0 unspecified atom stereocenters. The van der Waals surface area contributed by atoms with Crippen molar-refractivity contribution in [2.24, 2.45) is 0 Å². The zero-order chi connectivity index (χ0) is 12.7. The van der Waals surface area contributed by atoms with Crippen LogP contribution in [0.25, 0.3) is 0 Å². The number of ether oxygens (including phenoxy) is 2. The molecule has 0 bridgehead atoms. The van der Waals surface area contributed by atoms with Crippen LogP contribution in [0, 0.1) is 0 Å². The molecular formula is C11H17N3O3. The Morgan fingerprint density at radius 1 is 1.47 bits per heavy atom. The van der Waals surface area contributed by atoms with Crippen molar-refractivity contribution in [2.45, 2.75) is 19.9 Å². The van der Waals surface area contributed by atoms with Crippen LogP contribution < -0.4 is 10.1 Å². The maximum atomic E-state index is 11.2. The van der Waals surface area contributed by atoms with Gasteiger partial charge in [0.1, 0.15) is 6.61 Å². The van der Waals surface area contributed by atoms with Crippen LogP contribution in [0.1, 0.15) is 24.3 Å². The number of carbonyl (C=O) groups excluding carboxylic acids is 1. The third-order valence-corrected chi connectivity index (χ3v) is 1.91. The van der Waals surface area contributed by atoms with Crippen LogP contribution in [0.15, 0.2) is 12.4 Å². The number of rotatable bonds is 6. The summed E-state index contributed by atoms with van der Waals surface area (Å²) in [5, 5.41) is 3.20. The minimum Gasteiger partial charge on any atom is -0.475 e. The maximum absolute atomic E-state index is 11.2. The quantitative estimate of drug-likeness (QED) is 0.580. The molecule has 0 amide bonds. The molecule has 0 aromatic carbocycles. The number of methoxy groups -OCH3 is 1. The molecule has 0 saturated heterocycles. The Balaban J connectivity index is 2.46. The smallest absolute Gasteiger partial charge is 0.358 e. The predicted molar refractivity (Wildman–Crippen MR) is 62.0 cm³/mol. The van der Waals surface area contributed by atoms with Gasteiger partial charge in [0.25, 0.3) is 0 Å². The molecule has 1 N–H and O–H groups in total. The van der Waals surface area contributed by atoms with E-state index in [-0.39, 0.29) is 5.69 Å². The second-order valence-electron chi connectivity index (χ2n) is 3.69. The SMILES string of the molecule is COC(=O)c1cncc(OCCNC(C)C)n1. The molecule has 0 aliphatic rings. The monoisotopic (exact) mass is 239 g/mol. The van der Waals surface area contributed by atoms with Crippen LogP contribution in [0.3, 0.4) is 0 Å². The Morgan fingerprint density at radius 3 is 2.88 bits per heavy atom. The summed E-state index contributed by atoms with van der Waals surface area (Å²) in [5.41, 5.74) is 0.141. The van der Waals surface area contributed by atoms with Gasteiger partial charge in [0.15, 0.2) is 5.69 Å². The van der Waals surface area contributed by atoms with E-state index in [2.05, 4.69) is 33.9 Å². The topological polar surface area (TPSA) is 73.3 Å². The lowest BCUT2D eigenvalue weighted by Crippen LogP contribution is -2.27. The number of esters is 1. The van der Waals surface area contributed by atoms with E-state index in [0.717, 1.165) is 0 Å². The third kappa shape index (κ3) is 4.78. The van der Waals surface area contributed by atoms with Gasteiger partial charge in [-0.25, -0.2) is 9.78 Å². The zero-order valence-corrected chi connectivity index (χ0v) is 10.3. The van der Waals surface area contributed by atoms with Crippen molar-refractivity contribution in [2.75, 3.05) is 20.3 Å². The molecule has 6 heteroatoms. The van der Waals surface area contributed by atoms with Gasteiger partial charge in [-0.2, -0.15) is 0 Å².